The molecular formula is C34H25BrN2O6. The van der Waals surface area contributed by atoms with E-state index >= 15 is 0 Å². The fourth-order valence-electron chi connectivity index (χ4n) is 6.54. The van der Waals surface area contributed by atoms with Crippen LogP contribution in [-0.2, 0) is 14.3 Å². The zero-order valence-corrected chi connectivity index (χ0v) is 24.6. The van der Waals surface area contributed by atoms with E-state index < -0.39 is 12.6 Å². The predicted octanol–water partition coefficient (Wildman–Crippen LogP) is 6.02. The van der Waals surface area contributed by atoms with Crippen LogP contribution in [0, 0.1) is 23.7 Å². The van der Waals surface area contributed by atoms with Crippen molar-refractivity contribution in [3.63, 3.8) is 0 Å². The third kappa shape index (κ3) is 4.64. The number of carbonyl (C=O) groups excluding carboxylic acids is 4. The number of aromatic nitrogens is 1. The highest BCUT2D eigenvalue weighted by Crippen LogP contribution is 2.53. The molecule has 9 heteroatoms. The Kier molecular flexibility index (Phi) is 6.69. The number of ketones is 1. The topological polar surface area (TPSA) is 103 Å². The number of amides is 2. The highest BCUT2D eigenvalue weighted by molar-refractivity contribution is 9.10. The van der Waals surface area contributed by atoms with Gasteiger partial charge in [0.1, 0.15) is 5.75 Å². The third-order valence-electron chi connectivity index (χ3n) is 8.61. The minimum absolute atomic E-state index is 0.137. The molecule has 8 nitrogen and oxygen atoms in total. The lowest BCUT2D eigenvalue weighted by molar-refractivity contribution is -0.123. The molecule has 2 fully saturated rings. The zero-order chi connectivity index (χ0) is 29.8. The summed E-state index contributed by atoms with van der Waals surface area (Å²) in [6, 6.07) is 20.7. The van der Waals surface area contributed by atoms with Crippen molar-refractivity contribution in [1.29, 1.82) is 0 Å². The van der Waals surface area contributed by atoms with E-state index in [9.17, 15) is 19.2 Å². The predicted molar refractivity (Wildman–Crippen MR) is 163 cm³/mol. The summed E-state index contributed by atoms with van der Waals surface area (Å²) in [4.78, 5) is 58.6. The summed E-state index contributed by atoms with van der Waals surface area (Å²) in [7, 11) is 1.51. The van der Waals surface area contributed by atoms with Crippen molar-refractivity contribution in [1.82, 2.24) is 4.98 Å². The average molecular weight is 637 g/mol. The molecule has 7 rings (SSSR count). The number of pyridine rings is 1. The van der Waals surface area contributed by atoms with Gasteiger partial charge >= 0.3 is 5.97 Å². The standard InChI is InChI=1S/C34H25BrN2O6/c1-42-24-4-2-3-19(14-24)29(38)17-43-34(41)26-16-28(36-27-12-9-22(35)15-25(26)27)18-7-10-23(11-8-18)37-32(39)30-20-5-6-21(13-20)31(30)33(37)40/h2-12,14-16,20-21,30-31H,13,17H2,1H3. The number of anilines is 1. The van der Waals surface area contributed by atoms with Gasteiger partial charge in [-0.1, -0.05) is 52.3 Å². The lowest BCUT2D eigenvalue weighted by atomic mass is 9.85. The van der Waals surface area contributed by atoms with Gasteiger partial charge in [0.15, 0.2) is 12.4 Å². The Labute approximate surface area is 255 Å². The Bertz CT molecular complexity index is 1840. The number of hydrogen-bond acceptors (Lipinski definition) is 7. The first kappa shape index (κ1) is 27.2. The van der Waals surface area contributed by atoms with Gasteiger partial charge in [-0.05, 0) is 66.8 Å². The van der Waals surface area contributed by atoms with Crippen LogP contribution in [0.5, 0.6) is 5.75 Å². The Morgan fingerprint density at radius 2 is 1.65 bits per heavy atom. The highest BCUT2D eigenvalue weighted by Gasteiger charge is 2.59. The van der Waals surface area contributed by atoms with Gasteiger partial charge in [0.05, 0.1) is 41.4 Å². The van der Waals surface area contributed by atoms with Crippen LogP contribution in [-0.4, -0.2) is 42.3 Å². The van der Waals surface area contributed by atoms with E-state index in [1.807, 2.05) is 6.07 Å². The molecule has 43 heavy (non-hydrogen) atoms. The molecule has 0 spiro atoms. The second-order valence-corrected chi connectivity index (χ2v) is 11.9. The fraction of sp³-hybridized carbons (Fsp3) is 0.206. The first-order valence-corrected chi connectivity index (χ1v) is 14.7. The molecule has 0 radical (unpaired) electrons. The van der Waals surface area contributed by atoms with Crippen molar-refractivity contribution in [3.8, 4) is 17.0 Å². The summed E-state index contributed by atoms with van der Waals surface area (Å²) < 4.78 is 11.4. The lowest BCUT2D eigenvalue weighted by Gasteiger charge is -2.17. The number of benzene rings is 3. The summed E-state index contributed by atoms with van der Waals surface area (Å²) in [6.07, 6.45) is 5.03. The number of nitrogens with zero attached hydrogens (tertiary/aromatic N) is 2. The largest absolute Gasteiger partial charge is 0.497 e. The summed E-state index contributed by atoms with van der Waals surface area (Å²) >= 11 is 3.45. The van der Waals surface area contributed by atoms with Gasteiger partial charge in [0, 0.05) is 21.0 Å². The molecule has 1 saturated heterocycles. The van der Waals surface area contributed by atoms with Crippen molar-refractivity contribution >= 4 is 56.1 Å². The number of allylic oxidation sites excluding steroid dienone is 2. The minimum Gasteiger partial charge on any atom is -0.497 e. The molecule has 4 atom stereocenters. The number of esters is 1. The summed E-state index contributed by atoms with van der Waals surface area (Å²) in [5.74, 6) is -1.03. The van der Waals surface area contributed by atoms with E-state index in [0.29, 0.717) is 39.2 Å². The van der Waals surface area contributed by atoms with E-state index in [1.165, 1.54) is 12.0 Å². The number of halogens is 1. The number of fused-ring (bicyclic) bond motifs is 6. The van der Waals surface area contributed by atoms with Gasteiger partial charge in [-0.2, -0.15) is 0 Å². The summed E-state index contributed by atoms with van der Waals surface area (Å²) in [6.45, 7) is -0.440. The third-order valence-corrected chi connectivity index (χ3v) is 9.10. The number of imide groups is 1. The van der Waals surface area contributed by atoms with Crippen LogP contribution in [0.3, 0.4) is 0 Å². The van der Waals surface area contributed by atoms with Gasteiger partial charge in [0.2, 0.25) is 11.8 Å². The molecule has 3 aliphatic rings. The van der Waals surface area contributed by atoms with Gasteiger partial charge in [-0.3, -0.25) is 19.3 Å². The number of methoxy groups -OCH3 is 1. The molecule has 2 heterocycles. The zero-order valence-electron chi connectivity index (χ0n) is 23.0. The second kappa shape index (κ2) is 10.6. The van der Waals surface area contributed by atoms with E-state index in [1.54, 1.807) is 66.7 Å². The van der Waals surface area contributed by atoms with Crippen LogP contribution in [0.2, 0.25) is 0 Å². The van der Waals surface area contributed by atoms with E-state index in [2.05, 4.69) is 28.1 Å². The number of ether oxygens (including phenoxy) is 2. The number of carbonyl (C=O) groups is 4. The van der Waals surface area contributed by atoms with Crippen LogP contribution < -0.4 is 9.64 Å². The van der Waals surface area contributed by atoms with Crippen molar-refractivity contribution in [2.24, 2.45) is 23.7 Å². The van der Waals surface area contributed by atoms with E-state index in [4.69, 9.17) is 14.5 Å². The Hall–Kier alpha value is -4.63. The molecule has 2 amide bonds. The maximum atomic E-state index is 13.3. The smallest absolute Gasteiger partial charge is 0.339 e. The van der Waals surface area contributed by atoms with Crippen molar-refractivity contribution in [3.05, 3.63) is 101 Å². The van der Waals surface area contributed by atoms with Crippen molar-refractivity contribution in [2.75, 3.05) is 18.6 Å². The fourth-order valence-corrected chi connectivity index (χ4v) is 6.90. The Balaban J connectivity index is 1.16. The van der Waals surface area contributed by atoms with Crippen molar-refractivity contribution in [2.45, 2.75) is 6.42 Å². The molecule has 1 aliphatic heterocycles. The molecule has 4 aromatic rings. The first-order chi connectivity index (χ1) is 20.8. The minimum atomic E-state index is -0.664. The molecule has 2 bridgehead atoms. The summed E-state index contributed by atoms with van der Waals surface area (Å²) in [5.41, 5.74) is 2.91. The maximum Gasteiger partial charge on any atom is 0.339 e. The SMILES string of the molecule is COc1cccc(C(=O)COC(=O)c2cc(-c3ccc(N4C(=O)C5C6C=CC(C6)C5C4=O)cc3)nc3ccc(Br)cc23)c1. The van der Waals surface area contributed by atoms with Gasteiger partial charge in [-0.25, -0.2) is 9.78 Å². The first-order valence-electron chi connectivity index (χ1n) is 13.9. The molecular weight excluding hydrogens is 612 g/mol. The van der Waals surface area contributed by atoms with Crippen molar-refractivity contribution < 1.29 is 28.7 Å². The van der Waals surface area contributed by atoms with Crippen LogP contribution >= 0.6 is 15.9 Å². The number of hydrogen-bond donors (Lipinski definition) is 0. The number of Topliss-reactive ketones (excluding diaryl/α,β-unsaturated/α-hetero) is 1. The molecule has 4 unspecified atom stereocenters. The lowest BCUT2D eigenvalue weighted by Crippen LogP contribution is -2.32. The van der Waals surface area contributed by atoms with Crippen LogP contribution in [0.15, 0.2) is 89.4 Å². The molecule has 0 N–H and O–H groups in total. The van der Waals surface area contributed by atoms with E-state index in [-0.39, 0.29) is 46.8 Å². The molecule has 1 saturated carbocycles. The Morgan fingerprint density at radius 1 is 0.930 bits per heavy atom. The molecule has 3 aromatic carbocycles. The Morgan fingerprint density at radius 3 is 2.35 bits per heavy atom. The molecule has 1 aromatic heterocycles. The quantitative estimate of drug-likeness (QED) is 0.106. The summed E-state index contributed by atoms with van der Waals surface area (Å²) in [5, 5.41) is 0.566. The average Bonchev–Trinajstić information content (AvgIpc) is 3.72. The monoisotopic (exact) mass is 636 g/mol. The van der Waals surface area contributed by atoms with Crippen LogP contribution in [0.1, 0.15) is 27.1 Å². The molecule has 2 aliphatic carbocycles. The van der Waals surface area contributed by atoms with E-state index in [0.717, 1.165) is 10.9 Å². The maximum absolute atomic E-state index is 13.3. The highest BCUT2D eigenvalue weighted by atomic mass is 79.9. The van der Waals surface area contributed by atoms with Crippen LogP contribution in [0.25, 0.3) is 22.2 Å². The molecule has 214 valence electrons. The van der Waals surface area contributed by atoms with Gasteiger partial charge < -0.3 is 9.47 Å². The van der Waals surface area contributed by atoms with Crippen LogP contribution in [0.4, 0.5) is 5.69 Å². The van der Waals surface area contributed by atoms with Gasteiger partial charge in [-0.15, -0.1) is 0 Å². The number of rotatable bonds is 7. The van der Waals surface area contributed by atoms with Gasteiger partial charge in [0.25, 0.3) is 0 Å². The second-order valence-electron chi connectivity index (χ2n) is 11.0. The normalized spacial score (nSPS) is 21.9.